The Hall–Kier alpha value is -3.46. The molecule has 0 aliphatic carbocycles. The summed E-state index contributed by atoms with van der Waals surface area (Å²) >= 11 is 1.17. The number of aryl methyl sites for hydroxylation is 2. The van der Waals surface area contributed by atoms with E-state index < -0.39 is 0 Å². The minimum Gasteiger partial charge on any atom is -0.325 e. The van der Waals surface area contributed by atoms with Gasteiger partial charge in [0.25, 0.3) is 5.56 Å². The van der Waals surface area contributed by atoms with Crippen molar-refractivity contribution in [1.82, 2.24) is 19.3 Å². The molecule has 158 valence electrons. The van der Waals surface area contributed by atoms with Crippen LogP contribution in [0.5, 0.6) is 0 Å². The Morgan fingerprint density at radius 3 is 2.65 bits per heavy atom. The highest BCUT2D eigenvalue weighted by atomic mass is 32.2. The van der Waals surface area contributed by atoms with Crippen molar-refractivity contribution in [3.05, 3.63) is 82.0 Å². The largest absolute Gasteiger partial charge is 0.325 e. The molecule has 0 fully saturated rings. The van der Waals surface area contributed by atoms with Gasteiger partial charge in [0.2, 0.25) is 5.91 Å². The van der Waals surface area contributed by atoms with Gasteiger partial charge in [-0.25, -0.2) is 9.37 Å². The van der Waals surface area contributed by atoms with Crippen LogP contribution in [0.2, 0.25) is 0 Å². The summed E-state index contributed by atoms with van der Waals surface area (Å²) in [6, 6.07) is 13.4. The molecule has 1 N–H and O–H groups in total. The monoisotopic (exact) mass is 437 g/mol. The third-order valence-electron chi connectivity index (χ3n) is 4.71. The number of amides is 1. The number of thioether (sulfide) groups is 1. The first-order valence-corrected chi connectivity index (χ1v) is 10.6. The summed E-state index contributed by atoms with van der Waals surface area (Å²) in [6.45, 7) is 2.11. The zero-order valence-electron chi connectivity index (χ0n) is 17.0. The van der Waals surface area contributed by atoms with Crippen molar-refractivity contribution in [3.63, 3.8) is 0 Å². The molecule has 7 nitrogen and oxygen atoms in total. The second kappa shape index (κ2) is 8.73. The molecule has 0 spiro atoms. The standard InChI is InChI=1S/C22H20FN5O2S/c1-14-5-3-4-6-17(14)24-19(29)13-31-22-25-18-12-27(2)26-20(18)21(30)28(22)11-15-7-9-16(23)10-8-15/h3-10,12H,11,13H2,1-2H3,(H,24,29). The van der Waals surface area contributed by atoms with Gasteiger partial charge < -0.3 is 5.32 Å². The van der Waals surface area contributed by atoms with Crippen molar-refractivity contribution in [3.8, 4) is 0 Å². The van der Waals surface area contributed by atoms with Crippen LogP contribution in [-0.4, -0.2) is 31.0 Å². The molecule has 0 saturated heterocycles. The lowest BCUT2D eigenvalue weighted by molar-refractivity contribution is -0.113. The zero-order valence-corrected chi connectivity index (χ0v) is 17.8. The molecule has 0 bridgehead atoms. The van der Waals surface area contributed by atoms with Crippen LogP contribution in [0.25, 0.3) is 11.0 Å². The van der Waals surface area contributed by atoms with Crippen molar-refractivity contribution in [2.45, 2.75) is 18.6 Å². The Bertz CT molecular complexity index is 1310. The number of nitrogens with one attached hydrogen (secondary N) is 1. The fourth-order valence-corrected chi connectivity index (χ4v) is 3.94. The molecule has 0 atom stereocenters. The Labute approximate surface area is 181 Å². The molecular formula is C22H20FN5O2S. The molecule has 0 radical (unpaired) electrons. The van der Waals surface area contributed by atoms with E-state index in [4.69, 9.17) is 0 Å². The van der Waals surface area contributed by atoms with Crippen LogP contribution < -0.4 is 10.9 Å². The molecule has 9 heteroatoms. The summed E-state index contributed by atoms with van der Waals surface area (Å²) in [5, 5.41) is 7.48. The molecule has 31 heavy (non-hydrogen) atoms. The maximum atomic E-state index is 13.3. The van der Waals surface area contributed by atoms with Gasteiger partial charge in [-0.15, -0.1) is 0 Å². The minimum atomic E-state index is -0.350. The lowest BCUT2D eigenvalue weighted by Crippen LogP contribution is -2.25. The lowest BCUT2D eigenvalue weighted by Gasteiger charge is -2.12. The normalized spacial score (nSPS) is 11.1. The molecule has 2 aromatic heterocycles. The summed E-state index contributed by atoms with van der Waals surface area (Å²) in [4.78, 5) is 30.1. The predicted molar refractivity (Wildman–Crippen MR) is 119 cm³/mol. The van der Waals surface area contributed by atoms with Crippen molar-refractivity contribution >= 4 is 34.4 Å². The fourth-order valence-electron chi connectivity index (χ4n) is 3.14. The average molecular weight is 438 g/mol. The first kappa shape index (κ1) is 20.8. The second-order valence-corrected chi connectivity index (χ2v) is 8.04. The topological polar surface area (TPSA) is 81.8 Å². The van der Waals surface area contributed by atoms with Crippen LogP contribution in [0.3, 0.4) is 0 Å². The molecule has 2 aromatic carbocycles. The van der Waals surface area contributed by atoms with Gasteiger partial charge in [-0.2, -0.15) is 5.10 Å². The first-order valence-electron chi connectivity index (χ1n) is 9.57. The number of fused-ring (bicyclic) bond motifs is 1. The average Bonchev–Trinajstić information content (AvgIpc) is 3.12. The number of halogens is 1. The molecule has 4 rings (SSSR count). The van der Waals surface area contributed by atoms with E-state index in [-0.39, 0.29) is 35.1 Å². The van der Waals surface area contributed by atoms with Crippen LogP contribution >= 0.6 is 11.8 Å². The van der Waals surface area contributed by atoms with E-state index in [2.05, 4.69) is 15.4 Å². The third-order valence-corrected chi connectivity index (χ3v) is 5.69. The van der Waals surface area contributed by atoms with E-state index in [1.165, 1.54) is 33.1 Å². The first-order chi connectivity index (χ1) is 14.9. The number of hydrogen-bond acceptors (Lipinski definition) is 5. The van der Waals surface area contributed by atoms with E-state index in [1.807, 2.05) is 31.2 Å². The highest BCUT2D eigenvalue weighted by molar-refractivity contribution is 7.99. The maximum absolute atomic E-state index is 13.3. The van der Waals surface area contributed by atoms with Crippen LogP contribution in [0.15, 0.2) is 64.7 Å². The Morgan fingerprint density at radius 2 is 1.90 bits per heavy atom. The predicted octanol–water partition coefficient (Wildman–Crippen LogP) is 3.36. The lowest BCUT2D eigenvalue weighted by atomic mass is 10.2. The Balaban J connectivity index is 1.62. The van der Waals surface area contributed by atoms with Gasteiger partial charge in [0.05, 0.1) is 18.5 Å². The summed E-state index contributed by atoms with van der Waals surface area (Å²) in [7, 11) is 1.72. The summed E-state index contributed by atoms with van der Waals surface area (Å²) in [6.07, 6.45) is 1.66. The number of carbonyl (C=O) groups is 1. The summed E-state index contributed by atoms with van der Waals surface area (Å²) in [5.41, 5.74) is 2.85. The Morgan fingerprint density at radius 1 is 1.16 bits per heavy atom. The van der Waals surface area contributed by atoms with Crippen molar-refractivity contribution in [1.29, 1.82) is 0 Å². The molecule has 0 aliphatic rings. The van der Waals surface area contributed by atoms with Gasteiger partial charge >= 0.3 is 0 Å². The van der Waals surface area contributed by atoms with Crippen LogP contribution in [0.4, 0.5) is 10.1 Å². The molecule has 4 aromatic rings. The molecule has 2 heterocycles. The van der Waals surface area contributed by atoms with Crippen LogP contribution in [0, 0.1) is 12.7 Å². The molecule has 0 unspecified atom stereocenters. The molecule has 0 aliphatic heterocycles. The third kappa shape index (κ3) is 4.66. The van der Waals surface area contributed by atoms with Gasteiger partial charge in [-0.1, -0.05) is 42.1 Å². The van der Waals surface area contributed by atoms with Crippen molar-refractivity contribution in [2.24, 2.45) is 7.05 Å². The van der Waals surface area contributed by atoms with E-state index in [0.29, 0.717) is 10.7 Å². The van der Waals surface area contributed by atoms with Crippen molar-refractivity contribution in [2.75, 3.05) is 11.1 Å². The number of benzene rings is 2. The van der Waals surface area contributed by atoms with Crippen LogP contribution in [-0.2, 0) is 18.4 Å². The van der Waals surface area contributed by atoms with Crippen molar-refractivity contribution < 1.29 is 9.18 Å². The van der Waals surface area contributed by atoms with Gasteiger partial charge in [-0.05, 0) is 36.2 Å². The number of hydrogen-bond donors (Lipinski definition) is 1. The SMILES string of the molecule is Cc1ccccc1NC(=O)CSc1nc2cn(C)nc2c(=O)n1Cc1ccc(F)cc1. The van der Waals surface area contributed by atoms with Gasteiger partial charge in [0.1, 0.15) is 11.3 Å². The second-order valence-electron chi connectivity index (χ2n) is 7.10. The molecule has 0 saturated carbocycles. The van der Waals surface area contributed by atoms with E-state index in [0.717, 1.165) is 16.8 Å². The van der Waals surface area contributed by atoms with Gasteiger partial charge in [0, 0.05) is 12.7 Å². The van der Waals surface area contributed by atoms with E-state index in [9.17, 15) is 14.0 Å². The number of aromatic nitrogens is 4. The number of carbonyl (C=O) groups excluding carboxylic acids is 1. The van der Waals surface area contributed by atoms with Gasteiger partial charge in [-0.3, -0.25) is 18.8 Å². The number of para-hydroxylation sites is 1. The molecular weight excluding hydrogens is 417 g/mol. The van der Waals surface area contributed by atoms with Gasteiger partial charge in [0.15, 0.2) is 10.7 Å². The van der Waals surface area contributed by atoms with E-state index in [1.54, 1.807) is 25.4 Å². The smallest absolute Gasteiger partial charge is 0.282 e. The number of anilines is 1. The number of rotatable bonds is 6. The number of nitrogens with zero attached hydrogens (tertiary/aromatic N) is 4. The highest BCUT2D eigenvalue weighted by Crippen LogP contribution is 2.20. The van der Waals surface area contributed by atoms with Crippen LogP contribution in [0.1, 0.15) is 11.1 Å². The molecule has 1 amide bonds. The van der Waals surface area contributed by atoms with E-state index >= 15 is 0 Å². The summed E-state index contributed by atoms with van der Waals surface area (Å²) < 4.78 is 16.3. The highest BCUT2D eigenvalue weighted by Gasteiger charge is 2.16. The quantitative estimate of drug-likeness (QED) is 0.370. The minimum absolute atomic E-state index is 0.0793. The fraction of sp³-hybridized carbons (Fsp3) is 0.182. The Kier molecular flexibility index (Phi) is 5.85. The maximum Gasteiger partial charge on any atom is 0.282 e. The summed E-state index contributed by atoms with van der Waals surface area (Å²) in [5.74, 6) is -0.472. The zero-order chi connectivity index (χ0) is 22.0.